The van der Waals surface area contributed by atoms with Crippen molar-refractivity contribution in [1.29, 1.82) is 0 Å². The minimum Gasteiger partial charge on any atom is -0.469 e. The Kier molecular flexibility index (Phi) is 6.27. The highest BCUT2D eigenvalue weighted by molar-refractivity contribution is 7.98. The summed E-state index contributed by atoms with van der Waals surface area (Å²) < 4.78 is 10.1. The molecule has 2 unspecified atom stereocenters. The third kappa shape index (κ3) is 4.48. The highest BCUT2D eigenvalue weighted by Gasteiger charge is 2.27. The van der Waals surface area contributed by atoms with Crippen molar-refractivity contribution in [1.82, 2.24) is 5.32 Å². The van der Waals surface area contributed by atoms with Gasteiger partial charge >= 0.3 is 5.97 Å². The highest BCUT2D eigenvalue weighted by Crippen LogP contribution is 2.23. The van der Waals surface area contributed by atoms with Crippen molar-refractivity contribution in [3.63, 3.8) is 0 Å². The van der Waals surface area contributed by atoms with E-state index in [1.54, 1.807) is 11.8 Å². The summed E-state index contributed by atoms with van der Waals surface area (Å²) in [5.41, 5.74) is 0.884. The summed E-state index contributed by atoms with van der Waals surface area (Å²) in [6, 6.07) is 7.40. The Morgan fingerprint density at radius 1 is 1.41 bits per heavy atom. The zero-order chi connectivity index (χ0) is 15.9. The molecule has 1 heterocycles. The number of carbonyl (C=O) groups excluding carboxylic acids is 2. The molecule has 0 spiro atoms. The monoisotopic (exact) mass is 323 g/mol. The zero-order valence-corrected chi connectivity index (χ0v) is 13.7. The first kappa shape index (κ1) is 16.8. The molecule has 0 aliphatic carbocycles. The van der Waals surface area contributed by atoms with Crippen LogP contribution in [0.5, 0.6) is 0 Å². The van der Waals surface area contributed by atoms with Gasteiger partial charge < -0.3 is 14.8 Å². The second-order valence-electron chi connectivity index (χ2n) is 5.12. The summed E-state index contributed by atoms with van der Waals surface area (Å²) in [6.07, 6.45) is 3.31. The van der Waals surface area contributed by atoms with E-state index in [0.29, 0.717) is 6.61 Å². The number of rotatable bonds is 6. The van der Waals surface area contributed by atoms with Crippen LogP contribution in [0.15, 0.2) is 29.2 Å². The Morgan fingerprint density at radius 3 is 2.68 bits per heavy atom. The van der Waals surface area contributed by atoms with Crippen molar-refractivity contribution in [2.75, 3.05) is 20.0 Å². The second-order valence-corrected chi connectivity index (χ2v) is 6.00. The third-order valence-corrected chi connectivity index (χ3v) is 4.40. The third-order valence-electron chi connectivity index (χ3n) is 3.66. The molecule has 0 saturated carbocycles. The van der Waals surface area contributed by atoms with Gasteiger partial charge in [-0.3, -0.25) is 9.59 Å². The van der Waals surface area contributed by atoms with E-state index in [9.17, 15) is 9.59 Å². The van der Waals surface area contributed by atoms with Crippen LogP contribution in [0.4, 0.5) is 0 Å². The Morgan fingerprint density at radius 2 is 2.14 bits per heavy atom. The summed E-state index contributed by atoms with van der Waals surface area (Å²) in [7, 11) is 1.35. The minimum atomic E-state index is -0.411. The summed E-state index contributed by atoms with van der Waals surface area (Å²) in [4.78, 5) is 25.0. The van der Waals surface area contributed by atoms with Crippen molar-refractivity contribution in [2.24, 2.45) is 0 Å². The molecule has 2 rings (SSSR count). The molecule has 0 bridgehead atoms. The molecule has 120 valence electrons. The lowest BCUT2D eigenvalue weighted by Gasteiger charge is -2.20. The average Bonchev–Trinajstić information content (AvgIpc) is 3.08. The van der Waals surface area contributed by atoms with Crippen LogP contribution in [0, 0.1) is 0 Å². The molecule has 0 aromatic heterocycles. The van der Waals surface area contributed by atoms with E-state index in [1.807, 2.05) is 30.5 Å². The number of methoxy groups -OCH3 is 1. The number of carbonyl (C=O) groups is 2. The van der Waals surface area contributed by atoms with E-state index in [4.69, 9.17) is 9.47 Å². The van der Waals surface area contributed by atoms with Gasteiger partial charge in [0.05, 0.1) is 19.6 Å². The first-order valence-electron chi connectivity index (χ1n) is 7.26. The molecule has 22 heavy (non-hydrogen) atoms. The molecular formula is C16H21NO4S. The summed E-state index contributed by atoms with van der Waals surface area (Å²) in [5.74, 6) is -0.521. The lowest BCUT2D eigenvalue weighted by molar-refractivity contribution is -0.141. The molecule has 0 radical (unpaired) electrons. The van der Waals surface area contributed by atoms with Crippen molar-refractivity contribution in [2.45, 2.75) is 36.3 Å². The maximum atomic E-state index is 12.2. The summed E-state index contributed by atoms with van der Waals surface area (Å²) in [6.45, 7) is 0.613. The smallest absolute Gasteiger partial charge is 0.307 e. The van der Waals surface area contributed by atoms with Crippen LogP contribution in [0.1, 0.15) is 30.9 Å². The molecule has 1 aromatic rings. The number of amides is 1. The van der Waals surface area contributed by atoms with Gasteiger partial charge in [-0.05, 0) is 36.8 Å². The van der Waals surface area contributed by atoms with E-state index in [0.717, 1.165) is 23.3 Å². The number of hydrogen-bond acceptors (Lipinski definition) is 5. The van der Waals surface area contributed by atoms with Gasteiger partial charge in [-0.2, -0.15) is 0 Å². The quantitative estimate of drug-likeness (QED) is 0.643. The number of hydrogen-bond donors (Lipinski definition) is 1. The largest absolute Gasteiger partial charge is 0.469 e. The fourth-order valence-electron chi connectivity index (χ4n) is 2.39. The van der Waals surface area contributed by atoms with Crippen LogP contribution < -0.4 is 5.32 Å². The van der Waals surface area contributed by atoms with Crippen molar-refractivity contribution >= 4 is 23.6 Å². The molecule has 1 aliphatic rings. The van der Waals surface area contributed by atoms with E-state index in [-0.39, 0.29) is 18.3 Å². The van der Waals surface area contributed by atoms with Gasteiger partial charge in [-0.25, -0.2) is 0 Å². The van der Waals surface area contributed by atoms with E-state index in [1.165, 1.54) is 7.11 Å². The highest BCUT2D eigenvalue weighted by atomic mass is 32.2. The van der Waals surface area contributed by atoms with Crippen LogP contribution in [0.2, 0.25) is 0 Å². The molecule has 1 aliphatic heterocycles. The first-order chi connectivity index (χ1) is 10.6. The van der Waals surface area contributed by atoms with Crippen LogP contribution in [0.25, 0.3) is 0 Å². The van der Waals surface area contributed by atoms with Gasteiger partial charge in [0.25, 0.3) is 0 Å². The normalized spacial score (nSPS) is 18.7. The predicted octanol–water partition coefficient (Wildman–Crippen LogP) is 2.31. The molecule has 1 aromatic carbocycles. The van der Waals surface area contributed by atoms with Crippen LogP contribution >= 0.6 is 11.8 Å². The van der Waals surface area contributed by atoms with Crippen molar-refractivity contribution in [3.05, 3.63) is 29.8 Å². The predicted molar refractivity (Wildman–Crippen MR) is 84.7 cm³/mol. The van der Waals surface area contributed by atoms with Gasteiger partial charge in [0.1, 0.15) is 6.10 Å². The lowest BCUT2D eigenvalue weighted by atomic mass is 10.0. The van der Waals surface area contributed by atoms with Gasteiger partial charge in [0, 0.05) is 11.5 Å². The van der Waals surface area contributed by atoms with E-state index in [2.05, 4.69) is 5.32 Å². The Labute approximate surface area is 134 Å². The molecule has 6 heteroatoms. The number of thioether (sulfide) groups is 1. The molecule has 2 atom stereocenters. The standard InChI is InChI=1S/C16H21NO4S/c1-20-15(18)10-13(11-5-7-12(22-2)8-6-11)17-16(19)14-4-3-9-21-14/h5-8,13-14H,3-4,9-10H2,1-2H3,(H,17,19). The summed E-state index contributed by atoms with van der Waals surface area (Å²) in [5, 5.41) is 2.91. The van der Waals surface area contributed by atoms with Gasteiger partial charge in [-0.15, -0.1) is 11.8 Å². The van der Waals surface area contributed by atoms with Crippen LogP contribution in [0.3, 0.4) is 0 Å². The number of benzene rings is 1. The number of nitrogens with one attached hydrogen (secondary N) is 1. The van der Waals surface area contributed by atoms with Gasteiger partial charge in [-0.1, -0.05) is 12.1 Å². The van der Waals surface area contributed by atoms with E-state index >= 15 is 0 Å². The Bertz CT molecular complexity index is 511. The van der Waals surface area contributed by atoms with Gasteiger partial charge in [0.15, 0.2) is 0 Å². The number of esters is 1. The van der Waals surface area contributed by atoms with Crippen molar-refractivity contribution in [3.8, 4) is 0 Å². The van der Waals surface area contributed by atoms with Crippen LogP contribution in [-0.4, -0.2) is 38.0 Å². The molecule has 1 N–H and O–H groups in total. The zero-order valence-electron chi connectivity index (χ0n) is 12.8. The first-order valence-corrected chi connectivity index (χ1v) is 8.49. The fourth-order valence-corrected chi connectivity index (χ4v) is 2.80. The minimum absolute atomic E-state index is 0.105. The molecule has 1 amide bonds. The average molecular weight is 323 g/mol. The fraction of sp³-hybridized carbons (Fsp3) is 0.500. The molecular weight excluding hydrogens is 302 g/mol. The van der Waals surface area contributed by atoms with Gasteiger partial charge in [0.2, 0.25) is 5.91 Å². The lowest BCUT2D eigenvalue weighted by Crippen LogP contribution is -2.37. The SMILES string of the molecule is COC(=O)CC(NC(=O)C1CCCO1)c1ccc(SC)cc1. The molecule has 1 saturated heterocycles. The number of ether oxygens (including phenoxy) is 2. The Hall–Kier alpha value is -1.53. The maximum Gasteiger partial charge on any atom is 0.307 e. The van der Waals surface area contributed by atoms with Crippen molar-refractivity contribution < 1.29 is 19.1 Å². The molecule has 1 fully saturated rings. The second kappa shape index (κ2) is 8.19. The van der Waals surface area contributed by atoms with E-state index < -0.39 is 12.1 Å². The topological polar surface area (TPSA) is 64.6 Å². The van der Waals surface area contributed by atoms with Crippen LogP contribution in [-0.2, 0) is 19.1 Å². The maximum absolute atomic E-state index is 12.2. The summed E-state index contributed by atoms with van der Waals surface area (Å²) >= 11 is 1.64. The Balaban J connectivity index is 2.10. The molecule has 5 nitrogen and oxygen atoms in total.